The summed E-state index contributed by atoms with van der Waals surface area (Å²) >= 11 is 0. The maximum absolute atomic E-state index is 12.7. The van der Waals surface area contributed by atoms with Crippen LogP contribution >= 0.6 is 0 Å². The quantitative estimate of drug-likeness (QED) is 0.456. The molecule has 4 aromatic rings. The predicted octanol–water partition coefficient (Wildman–Crippen LogP) is 5.78. The highest BCUT2D eigenvalue weighted by molar-refractivity contribution is 6.10. The van der Waals surface area contributed by atoms with E-state index in [1.165, 1.54) is 16.4 Å². The number of hydrogen-bond donors (Lipinski definition) is 1. The molecule has 0 bridgehead atoms. The van der Waals surface area contributed by atoms with Crippen LogP contribution in [0.5, 0.6) is 5.75 Å². The van der Waals surface area contributed by atoms with Crippen molar-refractivity contribution in [2.24, 2.45) is 0 Å². The lowest BCUT2D eigenvalue weighted by molar-refractivity contribution is -0.122. The van der Waals surface area contributed by atoms with Crippen molar-refractivity contribution in [2.75, 3.05) is 5.32 Å². The number of fused-ring (bicyclic) bond motifs is 3. The van der Waals surface area contributed by atoms with Gasteiger partial charge in [0.2, 0.25) is 0 Å². The summed E-state index contributed by atoms with van der Waals surface area (Å²) < 4.78 is 8.23. The summed E-state index contributed by atoms with van der Waals surface area (Å²) in [5.74, 6) is 0.605. The summed E-state index contributed by atoms with van der Waals surface area (Å²) in [7, 11) is 0. The largest absolute Gasteiger partial charge is 0.481 e. The zero-order valence-electron chi connectivity index (χ0n) is 17.1. The van der Waals surface area contributed by atoms with Gasteiger partial charge in [0.05, 0.1) is 0 Å². The molecule has 0 saturated carbocycles. The van der Waals surface area contributed by atoms with Crippen molar-refractivity contribution in [2.45, 2.75) is 39.8 Å². The molecule has 3 aromatic carbocycles. The van der Waals surface area contributed by atoms with Crippen molar-refractivity contribution in [3.05, 3.63) is 72.3 Å². The van der Waals surface area contributed by atoms with Crippen LogP contribution in [0.2, 0.25) is 0 Å². The zero-order valence-corrected chi connectivity index (χ0v) is 17.1. The van der Waals surface area contributed by atoms with Crippen molar-refractivity contribution >= 4 is 33.4 Å². The summed E-state index contributed by atoms with van der Waals surface area (Å²) in [4.78, 5) is 12.7. The molecule has 1 amide bonds. The summed E-state index contributed by atoms with van der Waals surface area (Å²) in [6.45, 7) is 6.91. The highest BCUT2D eigenvalue weighted by Gasteiger charge is 2.17. The van der Waals surface area contributed by atoms with Crippen molar-refractivity contribution in [1.29, 1.82) is 0 Å². The van der Waals surface area contributed by atoms with Gasteiger partial charge in [0.25, 0.3) is 5.91 Å². The van der Waals surface area contributed by atoms with Gasteiger partial charge in [0.1, 0.15) is 5.75 Å². The number of aromatic nitrogens is 1. The van der Waals surface area contributed by atoms with Gasteiger partial charge in [0.15, 0.2) is 6.10 Å². The minimum absolute atomic E-state index is 0.158. The Kier molecular flexibility index (Phi) is 5.26. The zero-order chi connectivity index (χ0) is 20.4. The van der Waals surface area contributed by atoms with Crippen molar-refractivity contribution in [1.82, 2.24) is 4.57 Å². The van der Waals surface area contributed by atoms with Gasteiger partial charge in [-0.05, 0) is 56.2 Å². The van der Waals surface area contributed by atoms with E-state index in [2.05, 4.69) is 54.1 Å². The normalized spacial score (nSPS) is 12.2. The van der Waals surface area contributed by atoms with Gasteiger partial charge in [-0.2, -0.15) is 0 Å². The van der Waals surface area contributed by atoms with Crippen LogP contribution in [0.3, 0.4) is 0 Å². The standard InChI is InChI=1S/C25H26N2O2/c1-4-18-10-6-9-13-24(18)29-17(3)25(28)26-19-14-15-23-21(16-19)20-11-7-8-12-22(20)27(23)5-2/h6-17H,4-5H2,1-3H3,(H,26,28)/t17-/m1/s1. The smallest absolute Gasteiger partial charge is 0.265 e. The van der Waals surface area contributed by atoms with Crippen LogP contribution in [0, 0.1) is 0 Å². The van der Waals surface area contributed by atoms with Gasteiger partial charge in [-0.3, -0.25) is 4.79 Å². The van der Waals surface area contributed by atoms with E-state index in [4.69, 9.17) is 4.74 Å². The molecule has 0 saturated heterocycles. The van der Waals surface area contributed by atoms with Crippen LogP contribution in [0.4, 0.5) is 5.69 Å². The van der Waals surface area contributed by atoms with E-state index in [0.29, 0.717) is 0 Å². The minimum Gasteiger partial charge on any atom is -0.481 e. The van der Waals surface area contributed by atoms with Crippen LogP contribution < -0.4 is 10.1 Å². The molecule has 1 atom stereocenters. The molecule has 0 aliphatic carbocycles. The molecule has 1 aromatic heterocycles. The molecular weight excluding hydrogens is 360 g/mol. The molecule has 1 heterocycles. The molecule has 0 aliphatic heterocycles. The Morgan fingerprint density at radius 1 is 0.966 bits per heavy atom. The molecule has 0 fully saturated rings. The first-order chi connectivity index (χ1) is 14.1. The fourth-order valence-electron chi connectivity index (χ4n) is 3.87. The molecule has 0 aliphatic rings. The molecular formula is C25H26N2O2. The van der Waals surface area contributed by atoms with Gasteiger partial charge in [0, 0.05) is 34.0 Å². The Hall–Kier alpha value is -3.27. The van der Waals surface area contributed by atoms with Gasteiger partial charge >= 0.3 is 0 Å². The first-order valence-corrected chi connectivity index (χ1v) is 10.2. The molecule has 0 spiro atoms. The fourth-order valence-corrected chi connectivity index (χ4v) is 3.87. The van der Waals surface area contributed by atoms with Crippen LogP contribution in [-0.2, 0) is 17.8 Å². The SMILES string of the molecule is CCc1ccccc1O[C@H](C)C(=O)Nc1ccc2c(c1)c1ccccc1n2CC. The van der Waals surface area contributed by atoms with Crippen LogP contribution in [-0.4, -0.2) is 16.6 Å². The number of hydrogen-bond acceptors (Lipinski definition) is 2. The van der Waals surface area contributed by atoms with Crippen molar-refractivity contribution in [3.63, 3.8) is 0 Å². The Bertz CT molecular complexity index is 1180. The number of nitrogens with one attached hydrogen (secondary N) is 1. The monoisotopic (exact) mass is 386 g/mol. The van der Waals surface area contributed by atoms with Gasteiger partial charge < -0.3 is 14.6 Å². The molecule has 4 heteroatoms. The second-order valence-electron chi connectivity index (χ2n) is 7.20. The summed E-state index contributed by atoms with van der Waals surface area (Å²) in [5, 5.41) is 5.35. The number of amides is 1. The summed E-state index contributed by atoms with van der Waals surface area (Å²) in [6.07, 6.45) is 0.276. The maximum Gasteiger partial charge on any atom is 0.265 e. The van der Waals surface area contributed by atoms with E-state index in [1.807, 2.05) is 36.4 Å². The Morgan fingerprint density at radius 2 is 1.69 bits per heavy atom. The molecule has 29 heavy (non-hydrogen) atoms. The van der Waals surface area contributed by atoms with Crippen LogP contribution in [0.25, 0.3) is 21.8 Å². The number of rotatable bonds is 6. The number of carbonyl (C=O) groups is 1. The maximum atomic E-state index is 12.7. The second kappa shape index (κ2) is 8.00. The average molecular weight is 386 g/mol. The van der Waals surface area contributed by atoms with E-state index < -0.39 is 6.10 Å². The predicted molar refractivity (Wildman–Crippen MR) is 120 cm³/mol. The van der Waals surface area contributed by atoms with Crippen LogP contribution in [0.1, 0.15) is 26.3 Å². The first kappa shape index (κ1) is 19.1. The topological polar surface area (TPSA) is 43.3 Å². The Morgan fingerprint density at radius 3 is 2.48 bits per heavy atom. The highest BCUT2D eigenvalue weighted by Crippen LogP contribution is 2.31. The highest BCUT2D eigenvalue weighted by atomic mass is 16.5. The average Bonchev–Trinajstić information content (AvgIpc) is 3.07. The lowest BCUT2D eigenvalue weighted by atomic mass is 10.1. The number of benzene rings is 3. The van der Waals surface area contributed by atoms with E-state index in [1.54, 1.807) is 6.92 Å². The fraction of sp³-hybridized carbons (Fsp3) is 0.240. The van der Waals surface area contributed by atoms with Gasteiger partial charge in [-0.1, -0.05) is 43.3 Å². The number of ether oxygens (including phenoxy) is 1. The second-order valence-corrected chi connectivity index (χ2v) is 7.20. The Labute approximate surface area is 171 Å². The Balaban J connectivity index is 1.59. The van der Waals surface area contributed by atoms with E-state index in [-0.39, 0.29) is 5.91 Å². The number of anilines is 1. The van der Waals surface area contributed by atoms with Crippen LogP contribution in [0.15, 0.2) is 66.7 Å². The number of nitrogens with zero attached hydrogens (tertiary/aromatic N) is 1. The molecule has 4 nitrogen and oxygen atoms in total. The van der Waals surface area contributed by atoms with E-state index in [0.717, 1.165) is 35.4 Å². The molecule has 148 valence electrons. The third-order valence-electron chi connectivity index (χ3n) is 5.38. The van der Waals surface area contributed by atoms with E-state index in [9.17, 15) is 4.79 Å². The first-order valence-electron chi connectivity index (χ1n) is 10.2. The third-order valence-corrected chi connectivity index (χ3v) is 5.38. The molecule has 4 rings (SSSR count). The molecule has 0 radical (unpaired) electrons. The summed E-state index contributed by atoms with van der Waals surface area (Å²) in [6, 6.07) is 22.3. The van der Waals surface area contributed by atoms with E-state index >= 15 is 0 Å². The number of carbonyl (C=O) groups excluding carboxylic acids is 1. The number of aryl methyl sites for hydroxylation is 2. The van der Waals surface area contributed by atoms with Crippen molar-refractivity contribution in [3.8, 4) is 5.75 Å². The number of para-hydroxylation sites is 2. The van der Waals surface area contributed by atoms with Crippen molar-refractivity contribution < 1.29 is 9.53 Å². The van der Waals surface area contributed by atoms with Gasteiger partial charge in [-0.25, -0.2) is 0 Å². The summed E-state index contributed by atoms with van der Waals surface area (Å²) in [5.41, 5.74) is 4.26. The third kappa shape index (κ3) is 3.58. The molecule has 1 N–H and O–H groups in total. The lowest BCUT2D eigenvalue weighted by Crippen LogP contribution is -2.30. The van der Waals surface area contributed by atoms with Gasteiger partial charge in [-0.15, -0.1) is 0 Å². The lowest BCUT2D eigenvalue weighted by Gasteiger charge is -2.17. The minimum atomic E-state index is -0.588. The molecule has 0 unspecified atom stereocenters.